The Morgan fingerprint density at radius 1 is 1.41 bits per heavy atom. The van der Waals surface area contributed by atoms with E-state index in [1.54, 1.807) is 12.5 Å². The largest absolute Gasteiger partial charge is 0.467 e. The summed E-state index contributed by atoms with van der Waals surface area (Å²) in [5.74, 6) is 1.72. The van der Waals surface area contributed by atoms with E-state index in [2.05, 4.69) is 20.2 Å². The summed E-state index contributed by atoms with van der Waals surface area (Å²) in [7, 11) is 1.96. The normalized spacial score (nSPS) is 10.9. The highest BCUT2D eigenvalue weighted by atomic mass is 16.3. The average molecular weight is 229 g/mol. The Balaban J connectivity index is 1.95. The lowest BCUT2D eigenvalue weighted by molar-refractivity contribution is 0.507. The van der Waals surface area contributed by atoms with E-state index in [0.29, 0.717) is 6.54 Å². The number of aromatic amines is 1. The number of aromatic nitrogens is 4. The molecule has 0 atom stereocenters. The fraction of sp³-hybridized carbons (Fsp3) is 0.182. The molecule has 0 saturated heterocycles. The number of fused-ring (bicyclic) bond motifs is 1. The molecule has 86 valence electrons. The van der Waals surface area contributed by atoms with Crippen molar-refractivity contribution in [2.24, 2.45) is 0 Å². The minimum absolute atomic E-state index is 0.657. The predicted octanol–water partition coefficient (Wildman–Crippen LogP) is 1.58. The summed E-state index contributed by atoms with van der Waals surface area (Å²) < 4.78 is 5.31. The lowest BCUT2D eigenvalue weighted by Crippen LogP contribution is -2.17. The minimum Gasteiger partial charge on any atom is -0.467 e. The molecule has 3 aromatic rings. The number of hydrogen-bond acceptors (Lipinski definition) is 5. The molecule has 0 aliphatic rings. The molecule has 17 heavy (non-hydrogen) atoms. The van der Waals surface area contributed by atoms with Crippen LogP contribution in [-0.4, -0.2) is 27.2 Å². The fourth-order valence-corrected chi connectivity index (χ4v) is 1.77. The summed E-state index contributed by atoms with van der Waals surface area (Å²) >= 11 is 0. The van der Waals surface area contributed by atoms with E-state index < -0.39 is 0 Å². The molecular formula is C11H11N5O. The summed E-state index contributed by atoms with van der Waals surface area (Å²) in [5.41, 5.74) is 0.737. The lowest BCUT2D eigenvalue weighted by atomic mass is 10.3. The maximum Gasteiger partial charge on any atom is 0.160 e. The number of furan rings is 1. The van der Waals surface area contributed by atoms with E-state index in [4.69, 9.17) is 4.42 Å². The Morgan fingerprint density at radius 3 is 3.18 bits per heavy atom. The maximum absolute atomic E-state index is 5.31. The number of nitrogens with zero attached hydrogens (tertiary/aromatic N) is 4. The van der Waals surface area contributed by atoms with Gasteiger partial charge in [0.2, 0.25) is 0 Å². The molecule has 0 aliphatic heterocycles. The smallest absolute Gasteiger partial charge is 0.160 e. The molecule has 0 fully saturated rings. The predicted molar refractivity (Wildman–Crippen MR) is 62.5 cm³/mol. The van der Waals surface area contributed by atoms with Gasteiger partial charge in [0.05, 0.1) is 24.4 Å². The molecule has 3 rings (SSSR count). The average Bonchev–Trinajstić information content (AvgIpc) is 2.97. The molecule has 0 aromatic carbocycles. The van der Waals surface area contributed by atoms with Crippen LogP contribution in [0, 0.1) is 0 Å². The molecule has 0 amide bonds. The fourth-order valence-electron chi connectivity index (χ4n) is 1.77. The van der Waals surface area contributed by atoms with Crippen LogP contribution in [0.2, 0.25) is 0 Å². The van der Waals surface area contributed by atoms with Gasteiger partial charge >= 0.3 is 0 Å². The first-order valence-electron chi connectivity index (χ1n) is 5.22. The molecule has 0 bridgehead atoms. The van der Waals surface area contributed by atoms with Crippen LogP contribution in [0.25, 0.3) is 11.0 Å². The molecule has 3 aromatic heterocycles. The first kappa shape index (κ1) is 9.83. The Bertz CT molecular complexity index is 616. The molecular weight excluding hydrogens is 218 g/mol. The summed E-state index contributed by atoms with van der Waals surface area (Å²) in [5, 5.41) is 7.69. The van der Waals surface area contributed by atoms with Crippen LogP contribution in [-0.2, 0) is 6.54 Å². The number of hydrogen-bond donors (Lipinski definition) is 1. The van der Waals surface area contributed by atoms with E-state index in [0.717, 1.165) is 22.6 Å². The van der Waals surface area contributed by atoms with E-state index in [1.165, 1.54) is 6.33 Å². The number of rotatable bonds is 3. The highest BCUT2D eigenvalue weighted by molar-refractivity contribution is 5.85. The van der Waals surface area contributed by atoms with Crippen molar-refractivity contribution in [3.63, 3.8) is 0 Å². The highest BCUT2D eigenvalue weighted by Gasteiger charge is 2.11. The monoisotopic (exact) mass is 229 g/mol. The molecule has 6 heteroatoms. The third kappa shape index (κ3) is 1.73. The molecule has 0 unspecified atom stereocenters. The third-order valence-electron chi connectivity index (χ3n) is 2.56. The first-order valence-corrected chi connectivity index (χ1v) is 5.22. The van der Waals surface area contributed by atoms with Crippen molar-refractivity contribution in [3.8, 4) is 0 Å². The number of H-pyrrole nitrogens is 1. The van der Waals surface area contributed by atoms with Gasteiger partial charge in [-0.25, -0.2) is 9.97 Å². The number of anilines is 1. The Morgan fingerprint density at radius 2 is 2.35 bits per heavy atom. The summed E-state index contributed by atoms with van der Waals surface area (Å²) in [4.78, 5) is 10.4. The zero-order valence-electron chi connectivity index (χ0n) is 9.29. The van der Waals surface area contributed by atoms with Crippen molar-refractivity contribution < 1.29 is 4.42 Å². The Labute approximate surface area is 97.3 Å². The third-order valence-corrected chi connectivity index (χ3v) is 2.56. The van der Waals surface area contributed by atoms with Crippen molar-refractivity contribution in [3.05, 3.63) is 36.7 Å². The van der Waals surface area contributed by atoms with Crippen LogP contribution in [0.3, 0.4) is 0 Å². The molecule has 0 radical (unpaired) electrons. The van der Waals surface area contributed by atoms with E-state index >= 15 is 0 Å². The van der Waals surface area contributed by atoms with Crippen LogP contribution in [0.5, 0.6) is 0 Å². The summed E-state index contributed by atoms with van der Waals surface area (Å²) in [6.45, 7) is 0.657. The van der Waals surface area contributed by atoms with Gasteiger partial charge in [-0.1, -0.05) is 0 Å². The minimum atomic E-state index is 0.657. The molecule has 6 nitrogen and oxygen atoms in total. The Hall–Kier alpha value is -2.37. The second kappa shape index (κ2) is 3.89. The van der Waals surface area contributed by atoms with Gasteiger partial charge in [0, 0.05) is 7.05 Å². The second-order valence-corrected chi connectivity index (χ2v) is 3.76. The van der Waals surface area contributed by atoms with Crippen molar-refractivity contribution >= 4 is 16.9 Å². The van der Waals surface area contributed by atoms with E-state index in [1.807, 2.05) is 24.1 Å². The second-order valence-electron chi connectivity index (χ2n) is 3.76. The van der Waals surface area contributed by atoms with Gasteiger partial charge in [0.1, 0.15) is 17.9 Å². The van der Waals surface area contributed by atoms with Crippen LogP contribution in [0.15, 0.2) is 35.3 Å². The molecule has 0 aliphatic carbocycles. The zero-order chi connectivity index (χ0) is 11.7. The quantitative estimate of drug-likeness (QED) is 0.738. The SMILES string of the molecule is CN(Cc1ccco1)c1ncnc2[nH]ncc12. The molecule has 1 N–H and O–H groups in total. The summed E-state index contributed by atoms with van der Waals surface area (Å²) in [6, 6.07) is 3.81. The summed E-state index contributed by atoms with van der Waals surface area (Å²) in [6.07, 6.45) is 4.91. The van der Waals surface area contributed by atoms with Gasteiger partial charge in [0.15, 0.2) is 5.65 Å². The molecule has 0 spiro atoms. The van der Waals surface area contributed by atoms with Crippen LogP contribution < -0.4 is 4.90 Å². The van der Waals surface area contributed by atoms with Gasteiger partial charge in [-0.05, 0) is 12.1 Å². The topological polar surface area (TPSA) is 70.8 Å². The van der Waals surface area contributed by atoms with Gasteiger partial charge in [-0.3, -0.25) is 5.10 Å². The van der Waals surface area contributed by atoms with Crippen molar-refractivity contribution in [1.82, 2.24) is 20.2 Å². The number of nitrogens with one attached hydrogen (secondary N) is 1. The van der Waals surface area contributed by atoms with E-state index in [9.17, 15) is 0 Å². The maximum atomic E-state index is 5.31. The van der Waals surface area contributed by atoms with Crippen molar-refractivity contribution in [1.29, 1.82) is 0 Å². The van der Waals surface area contributed by atoms with Gasteiger partial charge in [-0.2, -0.15) is 5.10 Å². The molecule has 3 heterocycles. The lowest BCUT2D eigenvalue weighted by Gasteiger charge is -2.16. The van der Waals surface area contributed by atoms with Crippen LogP contribution in [0.4, 0.5) is 5.82 Å². The first-order chi connectivity index (χ1) is 8.34. The van der Waals surface area contributed by atoms with Crippen molar-refractivity contribution in [2.45, 2.75) is 6.54 Å². The Kier molecular flexibility index (Phi) is 2.25. The standard InChI is InChI=1S/C11H11N5O/c1-16(6-8-3-2-4-17-8)11-9-5-14-15-10(9)12-7-13-11/h2-5,7H,6H2,1H3,(H,12,13,14,15). The van der Waals surface area contributed by atoms with E-state index in [-0.39, 0.29) is 0 Å². The van der Waals surface area contributed by atoms with Crippen LogP contribution >= 0.6 is 0 Å². The van der Waals surface area contributed by atoms with Gasteiger partial charge in [-0.15, -0.1) is 0 Å². The van der Waals surface area contributed by atoms with Gasteiger partial charge in [0.25, 0.3) is 0 Å². The highest BCUT2D eigenvalue weighted by Crippen LogP contribution is 2.21. The van der Waals surface area contributed by atoms with Crippen molar-refractivity contribution in [2.75, 3.05) is 11.9 Å². The zero-order valence-corrected chi connectivity index (χ0v) is 9.29. The van der Waals surface area contributed by atoms with Crippen LogP contribution in [0.1, 0.15) is 5.76 Å². The molecule has 0 saturated carbocycles. The van der Waals surface area contributed by atoms with Gasteiger partial charge < -0.3 is 9.32 Å².